The van der Waals surface area contributed by atoms with Crippen LogP contribution in [0.15, 0.2) is 84.9 Å². The van der Waals surface area contributed by atoms with E-state index in [4.69, 9.17) is 38.9 Å². The lowest BCUT2D eigenvalue weighted by molar-refractivity contribution is -0.150. The fourth-order valence-corrected chi connectivity index (χ4v) is 17.4. The zero-order chi connectivity index (χ0) is 76.9. The number of ketones is 1. The number of aryl methyl sites for hydroxylation is 2. The Labute approximate surface area is 634 Å². The van der Waals surface area contributed by atoms with E-state index < -0.39 is 51.8 Å². The van der Waals surface area contributed by atoms with Crippen molar-refractivity contribution in [1.82, 2.24) is 30.9 Å². The number of carbonyl (C=O) groups is 8. The number of nitrogens with two attached hydrogens (primary N) is 1. The molecule has 6 amide bonds. The molecular weight excluding hydrogens is 1380 g/mol. The van der Waals surface area contributed by atoms with Gasteiger partial charge in [-0.3, -0.25) is 43.7 Å². The molecule has 2 saturated carbocycles. The fourth-order valence-electron chi connectivity index (χ4n) is 17.4. The quantitative estimate of drug-likeness (QED) is 0.0120. The third-order valence-corrected chi connectivity index (χ3v) is 23.2. The van der Waals surface area contributed by atoms with Crippen molar-refractivity contribution in [3.8, 4) is 22.5 Å². The van der Waals surface area contributed by atoms with Crippen LogP contribution < -0.4 is 31.9 Å². The lowest BCUT2D eigenvalue weighted by Gasteiger charge is -2.56. The van der Waals surface area contributed by atoms with Gasteiger partial charge in [0.1, 0.15) is 5.69 Å². The highest BCUT2D eigenvalue weighted by Crippen LogP contribution is 2.60. The average molecular weight is 1490 g/mol. The summed E-state index contributed by atoms with van der Waals surface area (Å²) >= 11 is 0. The van der Waals surface area contributed by atoms with Gasteiger partial charge in [-0.05, 0) is 145 Å². The van der Waals surface area contributed by atoms with E-state index in [0.717, 1.165) is 110 Å². The molecule has 2 heterocycles. The van der Waals surface area contributed by atoms with Crippen molar-refractivity contribution in [2.24, 2.45) is 28.6 Å². The first kappa shape index (κ1) is 82.2. The monoisotopic (exact) mass is 1490 g/mol. The molecule has 5 aliphatic rings. The number of carboxylic acids is 1. The van der Waals surface area contributed by atoms with Gasteiger partial charge < -0.3 is 64.8 Å². The number of aromatic nitrogens is 3. The molecule has 2 fully saturated rings. The Kier molecular flexibility index (Phi) is 29.6. The Hall–Kier alpha value is -8.30. The van der Waals surface area contributed by atoms with Crippen LogP contribution in [0.3, 0.4) is 0 Å². The first-order valence-electron chi connectivity index (χ1n) is 39.0. The number of benzene rings is 4. The zero-order valence-electron chi connectivity index (χ0n) is 64.1. The molecule has 0 radical (unpaired) electrons. The van der Waals surface area contributed by atoms with E-state index >= 15 is 0 Å². The Balaban J connectivity index is 0.581. The average Bonchev–Trinajstić information content (AvgIpc) is 0.888. The van der Waals surface area contributed by atoms with E-state index in [1.165, 1.54) is 11.1 Å². The first-order valence-corrected chi connectivity index (χ1v) is 39.0. The summed E-state index contributed by atoms with van der Waals surface area (Å²) in [6.07, 6.45) is 9.22. The van der Waals surface area contributed by atoms with Crippen LogP contribution in [0, 0.1) is 28.6 Å². The van der Waals surface area contributed by atoms with Gasteiger partial charge in [0.25, 0.3) is 0 Å². The molecule has 108 heavy (non-hydrogen) atoms. The number of Topliss-reactive ketones (excluding diaryl/α,β-unsaturated/α-hetero) is 1. The van der Waals surface area contributed by atoms with Gasteiger partial charge in [-0.15, -0.1) is 5.10 Å². The van der Waals surface area contributed by atoms with Gasteiger partial charge in [-0.25, -0.2) is 4.68 Å². The van der Waals surface area contributed by atoms with Gasteiger partial charge >= 0.3 is 5.97 Å². The zero-order valence-corrected chi connectivity index (χ0v) is 64.1. The van der Waals surface area contributed by atoms with Crippen molar-refractivity contribution in [2.45, 2.75) is 187 Å². The number of aliphatic carboxylic acids is 1. The molecule has 0 spiro atoms. The molecule has 25 heteroatoms. The normalized spacial score (nSPS) is 21.7. The molecule has 586 valence electrons. The molecule has 5 aromatic rings. The van der Waals surface area contributed by atoms with Gasteiger partial charge in [0.15, 0.2) is 5.78 Å². The van der Waals surface area contributed by atoms with E-state index in [2.05, 4.69) is 71.4 Å². The maximum atomic E-state index is 14.8. The molecule has 1 aliphatic heterocycles. The summed E-state index contributed by atoms with van der Waals surface area (Å²) in [4.78, 5) is 111. The number of rotatable bonds is 41. The number of amides is 6. The highest BCUT2D eigenvalue weighted by molar-refractivity contribution is 6.02. The smallest absolute Gasteiger partial charge is 0.303 e. The number of nitrogen functional groups attached to an aromatic ring is 1. The van der Waals surface area contributed by atoms with Gasteiger partial charge in [0.2, 0.25) is 35.4 Å². The summed E-state index contributed by atoms with van der Waals surface area (Å²) < 4.78 is 41.4. The van der Waals surface area contributed by atoms with E-state index in [1.807, 2.05) is 84.4 Å². The minimum absolute atomic E-state index is 0.0135. The number of carbonyl (C=O) groups excluding carboxylic acids is 7. The van der Waals surface area contributed by atoms with Gasteiger partial charge in [0, 0.05) is 73.7 Å². The molecule has 4 aromatic carbocycles. The number of hydrogen-bond donors (Lipinski definition) is 6. The largest absolute Gasteiger partial charge is 0.481 e. The highest BCUT2D eigenvalue weighted by Gasteiger charge is 2.59. The number of fused-ring (bicyclic) bond motifs is 11. The minimum atomic E-state index is -1.14. The number of carboxylic acid groups (broad SMARTS) is 1. The molecule has 10 rings (SSSR count). The Morgan fingerprint density at radius 1 is 0.611 bits per heavy atom. The molecule has 1 aromatic heterocycles. The number of unbranched alkanes of at least 4 members (excludes halogenated alkanes) is 1. The van der Waals surface area contributed by atoms with Crippen LogP contribution >= 0.6 is 0 Å². The van der Waals surface area contributed by atoms with Crippen LogP contribution in [0.5, 0.6) is 0 Å². The van der Waals surface area contributed by atoms with Crippen molar-refractivity contribution < 1.29 is 76.6 Å². The number of nitrogens with zero attached hydrogens (tertiary/aromatic N) is 4. The summed E-state index contributed by atoms with van der Waals surface area (Å²) in [5.41, 5.74) is 14.8. The van der Waals surface area contributed by atoms with Gasteiger partial charge in [-0.2, -0.15) is 0 Å². The summed E-state index contributed by atoms with van der Waals surface area (Å²) in [5.74, 6) is -4.29. The summed E-state index contributed by atoms with van der Waals surface area (Å²) in [7, 11) is 0. The number of hydrogen-bond acceptors (Lipinski definition) is 18. The Morgan fingerprint density at radius 3 is 1.81 bits per heavy atom. The van der Waals surface area contributed by atoms with Crippen molar-refractivity contribution in [2.75, 3.05) is 115 Å². The highest BCUT2D eigenvalue weighted by atomic mass is 16.6. The number of imide groups is 1. The van der Waals surface area contributed by atoms with E-state index in [9.17, 15) is 43.5 Å². The molecule has 25 nitrogen and oxygen atoms in total. The molecule has 0 saturated heterocycles. The van der Waals surface area contributed by atoms with Gasteiger partial charge in [0.05, 0.1) is 127 Å². The lowest BCUT2D eigenvalue weighted by atomic mass is 9.49. The second-order valence-corrected chi connectivity index (χ2v) is 30.6. The van der Waals surface area contributed by atoms with Crippen LogP contribution in [-0.4, -0.2) is 172 Å². The third kappa shape index (κ3) is 20.4. The maximum absolute atomic E-state index is 14.8. The predicted molar refractivity (Wildman–Crippen MR) is 408 cm³/mol. The van der Waals surface area contributed by atoms with Crippen molar-refractivity contribution in [3.63, 3.8) is 0 Å². The van der Waals surface area contributed by atoms with Crippen molar-refractivity contribution in [1.29, 1.82) is 0 Å². The molecule has 0 bridgehead atoms. The summed E-state index contributed by atoms with van der Waals surface area (Å²) in [5, 5.41) is 30.3. The Bertz CT molecular complexity index is 3940. The van der Waals surface area contributed by atoms with Crippen LogP contribution in [0.4, 0.5) is 17.1 Å². The number of nitrogens with one attached hydrogen (secondary N) is 4. The maximum Gasteiger partial charge on any atom is 0.303 e. The topological polar surface area (TPSA) is 329 Å². The predicted octanol–water partition coefficient (Wildman–Crippen LogP) is 10.2. The Morgan fingerprint density at radius 2 is 1.18 bits per heavy atom. The van der Waals surface area contributed by atoms with Crippen LogP contribution in [-0.2, 0) is 108 Å². The SMILES string of the molecule is CCCCOCCOCCOCCn1nnc2c1-c1ccccc1CN(C(=O)CCC(=O)NCCOCCOCCOCCOCCC(=O)N[C@@H](CCC(=O)O)C(=O)C[C@@H](C)C(=O)Nc1ccc3c(c1)[C@@]1(C)CCC[C@](C)(C(=O)NC(=O)[C@@]4(C)CCC[C@]5(C)c6cc(N)ccc6CC[C@@H]45)[C@@H]1CC3)c1ccccc1-2. The summed E-state index contributed by atoms with van der Waals surface area (Å²) in [6, 6.07) is 26.4. The lowest BCUT2D eigenvalue weighted by Crippen LogP contribution is -2.60. The van der Waals surface area contributed by atoms with Gasteiger partial charge in [-0.1, -0.05) is 121 Å². The van der Waals surface area contributed by atoms with Crippen molar-refractivity contribution in [3.05, 3.63) is 113 Å². The number of para-hydroxylation sites is 1. The number of ether oxygens (including phenoxy) is 7. The van der Waals surface area contributed by atoms with Crippen LogP contribution in [0.1, 0.15) is 172 Å². The standard InChI is InChI=1S/C83H113N9O16/c1-7-8-38-102-42-46-106-49-45-105-41-37-92-76-62-16-10-9-15-59(62)55-91(67-18-12-11-17-63(67)75(76)89-90-92)73(96)29-28-71(94)85-36-40-104-44-48-108-51-50-107-47-43-103-39-31-72(95)87-66(25-30-74(97)98)68(93)52-56(2)77(99)86-61-24-20-58-22-27-70-81(4,65(58)54-61)33-14-35-83(70,6)79(101)88-78(100)82(5)34-13-32-80(3)64-53-60(84)23-19-57(64)21-26-69(80)82/h9-12,15-20,23-24,53-54,56,66,69-70H,7-8,13-14,21-22,25-52,55,84H2,1-6H3,(H,85,94)(H,86,99)(H,87,95)(H,97,98)(H,88,100,101)/t56-,66+,69-,70-,80-,81-,82+,83+/m1/s1. The molecular formula is C83H113N9O16. The molecule has 0 unspecified atom stereocenters. The second kappa shape index (κ2) is 38.9. The molecule has 8 atom stereocenters. The minimum Gasteiger partial charge on any atom is -0.481 e. The van der Waals surface area contributed by atoms with E-state index in [-0.39, 0.29) is 139 Å². The first-order chi connectivity index (χ1) is 52.1. The van der Waals surface area contributed by atoms with Crippen LogP contribution in [0.2, 0.25) is 0 Å². The molecule has 4 aliphatic carbocycles. The number of anilines is 3. The summed E-state index contributed by atoms with van der Waals surface area (Å²) in [6.45, 7) is 18.2. The third-order valence-electron chi connectivity index (χ3n) is 23.2. The molecule has 7 N–H and O–H groups in total. The van der Waals surface area contributed by atoms with E-state index in [0.29, 0.717) is 76.1 Å². The van der Waals surface area contributed by atoms with E-state index in [1.54, 1.807) is 11.8 Å². The van der Waals surface area contributed by atoms with Crippen LogP contribution in [0.25, 0.3) is 22.5 Å². The fraction of sp³-hybridized carbons (Fsp3) is 0.590. The van der Waals surface area contributed by atoms with Crippen molar-refractivity contribution >= 4 is 64.3 Å². The second-order valence-electron chi connectivity index (χ2n) is 30.6.